The zero-order valence-electron chi connectivity index (χ0n) is 25.1. The van der Waals surface area contributed by atoms with E-state index in [2.05, 4.69) is 0 Å². The van der Waals surface area contributed by atoms with Crippen molar-refractivity contribution in [3.05, 3.63) is 71.8 Å². The summed E-state index contributed by atoms with van der Waals surface area (Å²) < 4.78 is 31.0. The first-order valence-corrected chi connectivity index (χ1v) is 14.5. The maximum atomic E-state index is 13.6. The lowest BCUT2D eigenvalue weighted by molar-refractivity contribution is -0.322. The van der Waals surface area contributed by atoms with E-state index < -0.39 is 82.8 Å². The van der Waals surface area contributed by atoms with Crippen molar-refractivity contribution < 1.29 is 48.0 Å². The molecule has 10 heteroatoms. The van der Waals surface area contributed by atoms with Gasteiger partial charge in [0.25, 0.3) is 0 Å². The van der Waals surface area contributed by atoms with Crippen LogP contribution in [0.1, 0.15) is 68.7 Å². The summed E-state index contributed by atoms with van der Waals surface area (Å²) in [6, 6.07) is 16.7. The van der Waals surface area contributed by atoms with E-state index in [0.717, 1.165) is 0 Å². The van der Waals surface area contributed by atoms with Crippen molar-refractivity contribution in [1.82, 2.24) is 0 Å². The Morgan fingerprint density at radius 1 is 0.767 bits per heavy atom. The molecule has 230 valence electrons. The highest BCUT2D eigenvalue weighted by Gasteiger charge is 2.82. The smallest absolute Gasteiger partial charge is 0.338 e. The molecule has 2 bridgehead atoms. The summed E-state index contributed by atoms with van der Waals surface area (Å²) in [5.74, 6) is -3.89. The second-order valence-corrected chi connectivity index (χ2v) is 12.5. The third kappa shape index (κ3) is 4.90. The first-order valence-electron chi connectivity index (χ1n) is 14.5. The molecule has 0 radical (unpaired) electrons. The topological polar surface area (TPSA) is 135 Å². The Balaban J connectivity index is 1.71. The van der Waals surface area contributed by atoms with E-state index in [4.69, 9.17) is 23.7 Å². The minimum Gasteiger partial charge on any atom is -0.459 e. The van der Waals surface area contributed by atoms with Crippen molar-refractivity contribution in [3.63, 3.8) is 0 Å². The molecule has 2 saturated carbocycles. The van der Waals surface area contributed by atoms with Crippen molar-refractivity contribution in [2.45, 2.75) is 89.7 Å². The quantitative estimate of drug-likeness (QED) is 0.388. The van der Waals surface area contributed by atoms with Crippen molar-refractivity contribution >= 4 is 23.9 Å². The van der Waals surface area contributed by atoms with Crippen LogP contribution in [-0.2, 0) is 33.3 Å². The third-order valence-electron chi connectivity index (χ3n) is 9.60. The molecule has 1 aliphatic heterocycles. The fraction of sp³-hybridized carbons (Fsp3) is 0.515. The summed E-state index contributed by atoms with van der Waals surface area (Å²) in [6.07, 6.45) is -5.83. The summed E-state index contributed by atoms with van der Waals surface area (Å²) in [5.41, 5.74) is -3.38. The molecule has 43 heavy (non-hydrogen) atoms. The first-order chi connectivity index (χ1) is 20.2. The highest BCUT2D eigenvalue weighted by molar-refractivity contribution is 5.90. The first kappa shape index (κ1) is 30.7. The van der Waals surface area contributed by atoms with E-state index >= 15 is 0 Å². The molecule has 1 spiro atoms. The monoisotopic (exact) mass is 594 g/mol. The molecule has 2 aromatic carbocycles. The lowest BCUT2D eigenvalue weighted by Gasteiger charge is -2.63. The Labute approximate surface area is 250 Å². The van der Waals surface area contributed by atoms with Gasteiger partial charge in [-0.3, -0.25) is 9.59 Å². The van der Waals surface area contributed by atoms with Gasteiger partial charge in [0.2, 0.25) is 0 Å². The number of hydrogen-bond acceptors (Lipinski definition) is 10. The van der Waals surface area contributed by atoms with Crippen LogP contribution in [0.25, 0.3) is 0 Å². The second kappa shape index (κ2) is 11.1. The summed E-state index contributed by atoms with van der Waals surface area (Å²) >= 11 is 0. The fourth-order valence-corrected chi connectivity index (χ4v) is 7.65. The van der Waals surface area contributed by atoms with Gasteiger partial charge in [0.15, 0.2) is 12.2 Å². The van der Waals surface area contributed by atoms with Crippen LogP contribution < -0.4 is 0 Å². The van der Waals surface area contributed by atoms with Gasteiger partial charge in [-0.1, -0.05) is 43.3 Å². The zero-order valence-corrected chi connectivity index (χ0v) is 25.1. The molecule has 1 N–H and O–H groups in total. The van der Waals surface area contributed by atoms with Crippen LogP contribution in [0, 0.1) is 17.3 Å². The van der Waals surface area contributed by atoms with Crippen molar-refractivity contribution in [3.8, 4) is 0 Å². The van der Waals surface area contributed by atoms with Crippen LogP contribution in [0.15, 0.2) is 60.7 Å². The largest absolute Gasteiger partial charge is 0.459 e. The summed E-state index contributed by atoms with van der Waals surface area (Å²) in [6.45, 7) is 9.64. The van der Waals surface area contributed by atoms with Crippen LogP contribution in [0.2, 0.25) is 0 Å². The van der Waals surface area contributed by atoms with Gasteiger partial charge >= 0.3 is 23.9 Å². The van der Waals surface area contributed by atoms with Crippen LogP contribution in [-0.4, -0.2) is 70.7 Å². The molecule has 10 nitrogen and oxygen atoms in total. The molecule has 0 aromatic heterocycles. The Hall–Kier alpha value is -3.76. The number of ether oxygens (including phenoxy) is 5. The average Bonchev–Trinajstić information content (AvgIpc) is 3.14. The van der Waals surface area contributed by atoms with Gasteiger partial charge in [-0.2, -0.15) is 0 Å². The van der Waals surface area contributed by atoms with Gasteiger partial charge < -0.3 is 28.8 Å². The molecule has 2 aliphatic carbocycles. The van der Waals surface area contributed by atoms with Crippen LogP contribution >= 0.6 is 0 Å². The highest BCUT2D eigenvalue weighted by atomic mass is 16.6. The normalized spacial score (nSPS) is 35.7. The molecule has 3 fully saturated rings. The SMILES string of the molecule is CC(=O)O[C@@H]1[C@H](O)[C@@H](C)[C@]23OC(C)(C)[C@H](C[C@H](OC(=O)c4ccccc4)[C@]2(C)[C@H]1OC(=O)c1ccccc1)[C@H]3OC(C)=O. The van der Waals surface area contributed by atoms with Crippen LogP contribution in [0.4, 0.5) is 0 Å². The number of esters is 4. The number of carbonyl (C=O) groups is 4. The van der Waals surface area contributed by atoms with Crippen molar-refractivity contribution in [1.29, 1.82) is 0 Å². The summed E-state index contributed by atoms with van der Waals surface area (Å²) in [4.78, 5) is 52.1. The van der Waals surface area contributed by atoms with Gasteiger partial charge in [-0.15, -0.1) is 0 Å². The number of benzene rings is 2. The van der Waals surface area contributed by atoms with Crippen molar-refractivity contribution in [2.75, 3.05) is 0 Å². The number of aliphatic hydroxyl groups is 1. The van der Waals surface area contributed by atoms with E-state index in [1.807, 2.05) is 13.8 Å². The van der Waals surface area contributed by atoms with E-state index in [1.54, 1.807) is 74.5 Å². The molecule has 1 saturated heterocycles. The molecular formula is C33H38O10. The molecule has 3 aliphatic rings. The van der Waals surface area contributed by atoms with E-state index in [9.17, 15) is 24.3 Å². The Bertz CT molecular complexity index is 1390. The molecule has 2 aromatic rings. The van der Waals surface area contributed by atoms with E-state index in [-0.39, 0.29) is 12.0 Å². The number of hydrogen-bond donors (Lipinski definition) is 1. The van der Waals surface area contributed by atoms with Gasteiger partial charge in [0, 0.05) is 25.7 Å². The number of aliphatic hydroxyl groups excluding tert-OH is 1. The lowest BCUT2D eigenvalue weighted by atomic mass is 9.47. The number of carbonyl (C=O) groups excluding carboxylic acids is 4. The zero-order chi connectivity index (χ0) is 31.3. The fourth-order valence-electron chi connectivity index (χ4n) is 7.65. The van der Waals surface area contributed by atoms with E-state index in [0.29, 0.717) is 5.56 Å². The third-order valence-corrected chi connectivity index (χ3v) is 9.60. The lowest BCUT2D eigenvalue weighted by Crippen LogP contribution is -2.79. The molecule has 1 heterocycles. The second-order valence-electron chi connectivity index (χ2n) is 12.5. The molecule has 0 unspecified atom stereocenters. The maximum absolute atomic E-state index is 13.6. The molecular weight excluding hydrogens is 556 g/mol. The average molecular weight is 595 g/mol. The summed E-state index contributed by atoms with van der Waals surface area (Å²) in [5, 5.41) is 11.8. The molecule has 9 atom stereocenters. The Morgan fingerprint density at radius 3 is 1.79 bits per heavy atom. The number of fused-ring (bicyclic) bond motifs is 1. The van der Waals surface area contributed by atoms with Crippen LogP contribution in [0.3, 0.4) is 0 Å². The molecule has 5 rings (SSSR count). The minimum absolute atomic E-state index is 0.177. The Kier molecular flexibility index (Phi) is 7.89. The van der Waals surface area contributed by atoms with E-state index in [1.165, 1.54) is 13.8 Å². The summed E-state index contributed by atoms with van der Waals surface area (Å²) in [7, 11) is 0. The minimum atomic E-state index is -1.52. The van der Waals surface area contributed by atoms with Gasteiger partial charge in [0.05, 0.1) is 22.1 Å². The molecule has 0 amide bonds. The standard InChI is InChI=1S/C33H38O10/c1-18-25(36)26(39-19(2)34)28(42-30(38)22-15-11-8-12-16-22)32(6)24(41-29(37)21-13-9-7-10-14-21)17-23-27(40-20(3)35)33(18,32)43-31(23,4)5/h7-16,18,23-28,36H,17H2,1-6H3/t18-,23-,24+,25-,26-,27-,28+,32-,33-/m1/s1. The predicted octanol–water partition coefficient (Wildman–Crippen LogP) is 3.89. The van der Waals surface area contributed by atoms with Gasteiger partial charge in [-0.05, 0) is 51.5 Å². The van der Waals surface area contributed by atoms with Gasteiger partial charge in [0.1, 0.15) is 23.9 Å². The predicted molar refractivity (Wildman–Crippen MR) is 152 cm³/mol. The van der Waals surface area contributed by atoms with Crippen molar-refractivity contribution in [2.24, 2.45) is 17.3 Å². The van der Waals surface area contributed by atoms with Gasteiger partial charge in [-0.25, -0.2) is 9.59 Å². The maximum Gasteiger partial charge on any atom is 0.338 e. The van der Waals surface area contributed by atoms with Crippen LogP contribution in [0.5, 0.6) is 0 Å². The highest BCUT2D eigenvalue weighted by Crippen LogP contribution is 2.68. The number of rotatable bonds is 6. The Morgan fingerprint density at radius 2 is 1.28 bits per heavy atom.